The minimum Gasteiger partial charge on any atom is -0.473 e. The Hall–Kier alpha value is -1.09. The fraction of sp³-hybridized carbons (Fsp3) is 0.500. The van der Waals surface area contributed by atoms with Crippen LogP contribution in [0.2, 0.25) is 5.15 Å². The van der Waals surface area contributed by atoms with E-state index in [1.165, 1.54) is 0 Å². The highest BCUT2D eigenvalue weighted by Gasteiger charge is 2.19. The van der Waals surface area contributed by atoms with Gasteiger partial charge in [-0.25, -0.2) is 4.98 Å². The van der Waals surface area contributed by atoms with Gasteiger partial charge in [0.2, 0.25) is 5.88 Å². The average Bonchev–Trinajstić information content (AvgIpc) is 2.16. The molecule has 0 aliphatic carbocycles. The highest BCUT2D eigenvalue weighted by atomic mass is 35.5. The summed E-state index contributed by atoms with van der Waals surface area (Å²) in [6.07, 6.45) is 3.83. The Balaban J connectivity index is 2.90. The molecule has 0 spiro atoms. The molecule has 0 atom stereocenters. The van der Waals surface area contributed by atoms with E-state index in [2.05, 4.69) is 9.97 Å². The minimum atomic E-state index is -0.135. The van der Waals surface area contributed by atoms with E-state index in [0.717, 1.165) is 0 Å². The summed E-state index contributed by atoms with van der Waals surface area (Å²) in [6.45, 7) is 8.54. The zero-order valence-corrected chi connectivity index (χ0v) is 10.9. The SMILES string of the molecule is C/C=C/COc1cc(Cl)nc(C(C)(C)C)n1. The molecule has 0 radical (unpaired) electrons. The van der Waals surface area contributed by atoms with Crippen molar-refractivity contribution < 1.29 is 4.74 Å². The number of halogens is 1. The van der Waals surface area contributed by atoms with Crippen LogP contribution >= 0.6 is 11.6 Å². The fourth-order valence-electron chi connectivity index (χ4n) is 1.04. The average molecular weight is 241 g/mol. The summed E-state index contributed by atoms with van der Waals surface area (Å²) in [5.74, 6) is 1.21. The third-order valence-corrected chi connectivity index (χ3v) is 2.10. The molecule has 0 unspecified atom stereocenters. The van der Waals surface area contributed by atoms with Gasteiger partial charge < -0.3 is 4.74 Å². The first kappa shape index (κ1) is 13.0. The Morgan fingerprint density at radius 1 is 1.38 bits per heavy atom. The smallest absolute Gasteiger partial charge is 0.218 e. The van der Waals surface area contributed by atoms with Crippen molar-refractivity contribution in [2.45, 2.75) is 33.1 Å². The predicted molar refractivity (Wildman–Crippen MR) is 66.1 cm³/mol. The number of hydrogen-bond acceptors (Lipinski definition) is 3. The second-order valence-electron chi connectivity index (χ2n) is 4.48. The zero-order chi connectivity index (χ0) is 12.2. The highest BCUT2D eigenvalue weighted by molar-refractivity contribution is 6.29. The maximum Gasteiger partial charge on any atom is 0.218 e. The van der Waals surface area contributed by atoms with Crippen LogP contribution in [-0.2, 0) is 5.41 Å². The summed E-state index contributed by atoms with van der Waals surface area (Å²) in [4.78, 5) is 8.51. The molecule has 0 aliphatic rings. The molecule has 1 aromatic rings. The molecule has 1 rings (SSSR count). The number of aromatic nitrogens is 2. The van der Waals surface area contributed by atoms with Crippen LogP contribution in [0.15, 0.2) is 18.2 Å². The van der Waals surface area contributed by atoms with Crippen molar-refractivity contribution in [2.24, 2.45) is 0 Å². The molecule has 0 bridgehead atoms. The molecule has 16 heavy (non-hydrogen) atoms. The summed E-state index contributed by atoms with van der Waals surface area (Å²) in [6, 6.07) is 1.63. The highest BCUT2D eigenvalue weighted by Crippen LogP contribution is 2.23. The van der Waals surface area contributed by atoms with Crippen LogP contribution in [0.25, 0.3) is 0 Å². The van der Waals surface area contributed by atoms with Crippen LogP contribution in [0.3, 0.4) is 0 Å². The Morgan fingerprint density at radius 3 is 2.62 bits per heavy atom. The Bertz CT molecular complexity index is 383. The standard InChI is InChI=1S/C12H17ClN2O/c1-5-6-7-16-10-8-9(13)14-11(15-10)12(2,3)4/h5-6,8H,7H2,1-4H3/b6-5+. The first-order chi connectivity index (χ1) is 7.43. The van der Waals surface area contributed by atoms with Crippen LogP contribution in [0.1, 0.15) is 33.5 Å². The van der Waals surface area contributed by atoms with E-state index in [0.29, 0.717) is 23.5 Å². The van der Waals surface area contributed by atoms with Crippen molar-refractivity contribution in [2.75, 3.05) is 6.61 Å². The molecule has 3 nitrogen and oxygen atoms in total. The second-order valence-corrected chi connectivity index (χ2v) is 4.87. The van der Waals surface area contributed by atoms with Crippen LogP contribution in [0, 0.1) is 0 Å². The maximum atomic E-state index is 5.92. The molecule has 4 heteroatoms. The summed E-state index contributed by atoms with van der Waals surface area (Å²) in [5.41, 5.74) is -0.135. The summed E-state index contributed by atoms with van der Waals surface area (Å²) < 4.78 is 5.44. The third kappa shape index (κ3) is 3.81. The van der Waals surface area contributed by atoms with E-state index in [-0.39, 0.29) is 5.41 Å². The van der Waals surface area contributed by atoms with Gasteiger partial charge in [-0.2, -0.15) is 4.98 Å². The van der Waals surface area contributed by atoms with E-state index < -0.39 is 0 Å². The number of nitrogens with zero attached hydrogens (tertiary/aromatic N) is 2. The molecule has 0 saturated carbocycles. The predicted octanol–water partition coefficient (Wildman–Crippen LogP) is 3.38. The van der Waals surface area contributed by atoms with E-state index >= 15 is 0 Å². The Morgan fingerprint density at radius 2 is 2.06 bits per heavy atom. The maximum absolute atomic E-state index is 5.92. The van der Waals surface area contributed by atoms with Gasteiger partial charge in [-0.05, 0) is 6.92 Å². The molecular weight excluding hydrogens is 224 g/mol. The van der Waals surface area contributed by atoms with Gasteiger partial charge in [-0.15, -0.1) is 0 Å². The van der Waals surface area contributed by atoms with Crippen LogP contribution in [0.4, 0.5) is 0 Å². The van der Waals surface area contributed by atoms with Gasteiger partial charge in [0, 0.05) is 11.5 Å². The lowest BCUT2D eigenvalue weighted by Crippen LogP contribution is -2.16. The van der Waals surface area contributed by atoms with Gasteiger partial charge in [0.25, 0.3) is 0 Å². The molecule has 0 amide bonds. The quantitative estimate of drug-likeness (QED) is 0.600. The van der Waals surface area contributed by atoms with E-state index in [9.17, 15) is 0 Å². The van der Waals surface area contributed by atoms with Crippen LogP contribution < -0.4 is 4.74 Å². The molecular formula is C12H17ClN2O. The summed E-state index contributed by atoms with van der Waals surface area (Å²) in [5, 5.41) is 0.412. The minimum absolute atomic E-state index is 0.135. The molecule has 88 valence electrons. The van der Waals surface area contributed by atoms with E-state index in [1.807, 2.05) is 39.8 Å². The van der Waals surface area contributed by atoms with Crippen molar-refractivity contribution in [1.82, 2.24) is 9.97 Å². The Labute approximate surface area is 102 Å². The third-order valence-electron chi connectivity index (χ3n) is 1.91. The van der Waals surface area contributed by atoms with Crippen LogP contribution in [-0.4, -0.2) is 16.6 Å². The molecule has 0 aromatic carbocycles. The number of rotatable bonds is 3. The lowest BCUT2D eigenvalue weighted by molar-refractivity contribution is 0.342. The fourth-order valence-corrected chi connectivity index (χ4v) is 1.21. The lowest BCUT2D eigenvalue weighted by atomic mass is 9.96. The lowest BCUT2D eigenvalue weighted by Gasteiger charge is -2.17. The molecule has 0 aliphatic heterocycles. The van der Waals surface area contributed by atoms with Crippen molar-refractivity contribution in [3.63, 3.8) is 0 Å². The monoisotopic (exact) mass is 240 g/mol. The topological polar surface area (TPSA) is 35.0 Å². The van der Waals surface area contributed by atoms with Crippen molar-refractivity contribution >= 4 is 11.6 Å². The molecule has 0 N–H and O–H groups in total. The van der Waals surface area contributed by atoms with Gasteiger partial charge in [0.05, 0.1) is 0 Å². The number of hydrogen-bond donors (Lipinski definition) is 0. The largest absolute Gasteiger partial charge is 0.473 e. The van der Waals surface area contributed by atoms with Gasteiger partial charge in [-0.3, -0.25) is 0 Å². The van der Waals surface area contributed by atoms with Crippen molar-refractivity contribution in [3.8, 4) is 5.88 Å². The first-order valence-corrected chi connectivity index (χ1v) is 5.60. The zero-order valence-electron chi connectivity index (χ0n) is 10.1. The first-order valence-electron chi connectivity index (χ1n) is 5.22. The Kier molecular flexibility index (Phi) is 4.30. The molecule has 1 heterocycles. The van der Waals surface area contributed by atoms with Gasteiger partial charge in [-0.1, -0.05) is 44.5 Å². The van der Waals surface area contributed by atoms with Crippen molar-refractivity contribution in [3.05, 3.63) is 29.2 Å². The van der Waals surface area contributed by atoms with Gasteiger partial charge in [0.15, 0.2) is 0 Å². The summed E-state index contributed by atoms with van der Waals surface area (Å²) in [7, 11) is 0. The normalized spacial score (nSPS) is 12.1. The number of ether oxygens (including phenoxy) is 1. The second kappa shape index (κ2) is 5.30. The van der Waals surface area contributed by atoms with E-state index in [1.54, 1.807) is 6.07 Å². The van der Waals surface area contributed by atoms with E-state index in [4.69, 9.17) is 16.3 Å². The van der Waals surface area contributed by atoms with Gasteiger partial charge >= 0.3 is 0 Å². The molecule has 0 fully saturated rings. The van der Waals surface area contributed by atoms with Crippen molar-refractivity contribution in [1.29, 1.82) is 0 Å². The molecule has 1 aromatic heterocycles. The number of allylic oxidation sites excluding steroid dienone is 1. The molecule has 0 saturated heterocycles. The summed E-state index contributed by atoms with van der Waals surface area (Å²) >= 11 is 5.92. The van der Waals surface area contributed by atoms with Crippen LogP contribution in [0.5, 0.6) is 5.88 Å². The van der Waals surface area contributed by atoms with Gasteiger partial charge in [0.1, 0.15) is 17.6 Å².